The standard InChI is InChI=1S/C16H21F2NO2.C6H10/c1-10(2)15(21)16(4,5)19(11(3)20)9-12-8-13(17)6-7-14(12)18;1-4-6(3)5-2/h6-8,10H,9H2,1-5H3;4-5H,1H2,2-3H3/b;6-5-. The second-order valence-corrected chi connectivity index (χ2v) is 7.16. The predicted octanol–water partition coefficient (Wildman–Crippen LogP) is 5.46. The minimum absolute atomic E-state index is 0.0508. The number of nitrogens with zero attached hydrogens (tertiary/aromatic N) is 1. The van der Waals surface area contributed by atoms with Crippen LogP contribution in [0.15, 0.2) is 42.5 Å². The van der Waals surface area contributed by atoms with Gasteiger partial charge in [-0.1, -0.05) is 38.2 Å². The molecule has 0 aliphatic carbocycles. The number of halogens is 2. The number of hydrogen-bond acceptors (Lipinski definition) is 2. The molecule has 1 rings (SSSR count). The number of Topliss-reactive ketones (excluding diaryl/α,β-unsaturated/α-hetero) is 1. The Labute approximate surface area is 161 Å². The van der Waals surface area contributed by atoms with Crippen LogP contribution >= 0.6 is 0 Å². The number of rotatable bonds is 6. The molecule has 1 amide bonds. The van der Waals surface area contributed by atoms with Gasteiger partial charge in [-0.25, -0.2) is 8.78 Å². The molecule has 0 saturated heterocycles. The van der Waals surface area contributed by atoms with Crippen LogP contribution in [-0.2, 0) is 16.1 Å². The molecule has 0 atom stereocenters. The number of amides is 1. The Morgan fingerprint density at radius 1 is 1.22 bits per heavy atom. The van der Waals surface area contributed by atoms with Gasteiger partial charge in [0.25, 0.3) is 0 Å². The van der Waals surface area contributed by atoms with Crippen LogP contribution in [0.5, 0.6) is 0 Å². The van der Waals surface area contributed by atoms with Crippen molar-refractivity contribution in [1.82, 2.24) is 4.90 Å². The molecule has 150 valence electrons. The highest BCUT2D eigenvalue weighted by atomic mass is 19.1. The van der Waals surface area contributed by atoms with Crippen molar-refractivity contribution in [2.45, 2.75) is 60.5 Å². The Hall–Kier alpha value is -2.30. The van der Waals surface area contributed by atoms with Gasteiger partial charge in [-0.2, -0.15) is 0 Å². The van der Waals surface area contributed by atoms with Gasteiger partial charge in [0.1, 0.15) is 11.6 Å². The lowest BCUT2D eigenvalue weighted by atomic mass is 9.88. The average molecular weight is 379 g/mol. The highest BCUT2D eigenvalue weighted by Crippen LogP contribution is 2.24. The van der Waals surface area contributed by atoms with E-state index in [1.54, 1.807) is 27.7 Å². The van der Waals surface area contributed by atoms with Gasteiger partial charge in [0.2, 0.25) is 5.91 Å². The molecule has 0 N–H and O–H groups in total. The fourth-order valence-corrected chi connectivity index (χ4v) is 2.49. The molecule has 0 spiro atoms. The van der Waals surface area contributed by atoms with Gasteiger partial charge < -0.3 is 4.90 Å². The van der Waals surface area contributed by atoms with E-state index >= 15 is 0 Å². The van der Waals surface area contributed by atoms with Crippen molar-refractivity contribution in [3.8, 4) is 0 Å². The molecule has 0 aliphatic rings. The molecule has 0 radical (unpaired) electrons. The number of allylic oxidation sites excluding steroid dienone is 3. The zero-order chi connectivity index (χ0) is 21.4. The molecule has 0 aliphatic heterocycles. The number of carbonyl (C=O) groups is 2. The lowest BCUT2D eigenvalue weighted by molar-refractivity contribution is -0.145. The number of benzene rings is 1. The van der Waals surface area contributed by atoms with E-state index in [4.69, 9.17) is 0 Å². The van der Waals surface area contributed by atoms with E-state index in [-0.39, 0.29) is 29.7 Å². The van der Waals surface area contributed by atoms with E-state index in [1.807, 2.05) is 26.0 Å². The summed E-state index contributed by atoms with van der Waals surface area (Å²) in [6.45, 7) is 15.5. The van der Waals surface area contributed by atoms with Gasteiger partial charge in [-0.15, -0.1) is 0 Å². The van der Waals surface area contributed by atoms with Crippen molar-refractivity contribution in [3.63, 3.8) is 0 Å². The lowest BCUT2D eigenvalue weighted by Crippen LogP contribution is -2.53. The van der Waals surface area contributed by atoms with Crippen LogP contribution in [0.2, 0.25) is 0 Å². The molecule has 0 fully saturated rings. The summed E-state index contributed by atoms with van der Waals surface area (Å²) in [5, 5.41) is 0. The third-order valence-corrected chi connectivity index (χ3v) is 4.30. The molecule has 27 heavy (non-hydrogen) atoms. The Morgan fingerprint density at radius 3 is 2.15 bits per heavy atom. The van der Waals surface area contributed by atoms with E-state index in [0.717, 1.165) is 18.2 Å². The van der Waals surface area contributed by atoms with Gasteiger partial charge in [0.15, 0.2) is 5.78 Å². The van der Waals surface area contributed by atoms with Crippen LogP contribution in [-0.4, -0.2) is 22.1 Å². The first-order chi connectivity index (χ1) is 12.4. The van der Waals surface area contributed by atoms with Crippen molar-refractivity contribution >= 4 is 11.7 Å². The molecule has 5 heteroatoms. The minimum Gasteiger partial charge on any atom is -0.326 e. The normalized spacial score (nSPS) is 11.6. The molecular formula is C22H31F2NO2. The van der Waals surface area contributed by atoms with Crippen molar-refractivity contribution in [3.05, 3.63) is 59.7 Å². The molecule has 0 unspecified atom stereocenters. The molecule has 0 heterocycles. The van der Waals surface area contributed by atoms with Crippen LogP contribution < -0.4 is 0 Å². The highest BCUT2D eigenvalue weighted by molar-refractivity contribution is 5.92. The smallest absolute Gasteiger partial charge is 0.220 e. The number of ketones is 1. The van der Waals surface area contributed by atoms with E-state index in [2.05, 4.69) is 6.58 Å². The molecule has 3 nitrogen and oxygen atoms in total. The fraction of sp³-hybridized carbons (Fsp3) is 0.455. The topological polar surface area (TPSA) is 37.4 Å². The Morgan fingerprint density at radius 2 is 1.78 bits per heavy atom. The maximum Gasteiger partial charge on any atom is 0.220 e. The van der Waals surface area contributed by atoms with Gasteiger partial charge in [-0.3, -0.25) is 9.59 Å². The predicted molar refractivity (Wildman–Crippen MR) is 106 cm³/mol. The van der Waals surface area contributed by atoms with Gasteiger partial charge in [0.05, 0.1) is 5.54 Å². The second-order valence-electron chi connectivity index (χ2n) is 7.16. The summed E-state index contributed by atoms with van der Waals surface area (Å²) in [6, 6.07) is 3.07. The first-order valence-corrected chi connectivity index (χ1v) is 8.90. The van der Waals surface area contributed by atoms with Crippen LogP contribution in [0.4, 0.5) is 8.78 Å². The molecule has 0 aromatic heterocycles. The van der Waals surface area contributed by atoms with Crippen molar-refractivity contribution in [1.29, 1.82) is 0 Å². The van der Waals surface area contributed by atoms with Gasteiger partial charge >= 0.3 is 0 Å². The monoisotopic (exact) mass is 379 g/mol. The van der Waals surface area contributed by atoms with E-state index in [0.29, 0.717) is 0 Å². The summed E-state index contributed by atoms with van der Waals surface area (Å²) in [5.41, 5.74) is 0.198. The fourth-order valence-electron chi connectivity index (χ4n) is 2.49. The maximum absolute atomic E-state index is 13.8. The summed E-state index contributed by atoms with van der Waals surface area (Å²) in [5.74, 6) is -1.94. The molecular weight excluding hydrogens is 348 g/mol. The quantitative estimate of drug-likeness (QED) is 0.616. The summed E-state index contributed by atoms with van der Waals surface area (Å²) in [7, 11) is 0. The Kier molecular flexibility index (Phi) is 9.84. The van der Waals surface area contributed by atoms with E-state index in [1.165, 1.54) is 17.4 Å². The lowest BCUT2D eigenvalue weighted by Gasteiger charge is -2.38. The molecule has 0 saturated carbocycles. The van der Waals surface area contributed by atoms with Gasteiger partial charge in [0, 0.05) is 24.9 Å². The van der Waals surface area contributed by atoms with Crippen molar-refractivity contribution in [2.24, 2.45) is 5.92 Å². The zero-order valence-electron chi connectivity index (χ0n) is 17.4. The first kappa shape index (κ1) is 24.7. The van der Waals surface area contributed by atoms with Crippen LogP contribution in [0.1, 0.15) is 54.0 Å². The van der Waals surface area contributed by atoms with Crippen LogP contribution in [0, 0.1) is 17.6 Å². The Bertz CT molecular complexity index is 706. The number of hydrogen-bond donors (Lipinski definition) is 0. The summed E-state index contributed by atoms with van der Waals surface area (Å²) < 4.78 is 27.0. The average Bonchev–Trinajstić information content (AvgIpc) is 2.60. The third-order valence-electron chi connectivity index (χ3n) is 4.30. The molecule has 1 aromatic rings. The van der Waals surface area contributed by atoms with E-state index < -0.39 is 17.2 Å². The highest BCUT2D eigenvalue weighted by Gasteiger charge is 2.37. The van der Waals surface area contributed by atoms with E-state index in [9.17, 15) is 18.4 Å². The SMILES string of the molecule is C=C/C(C)=C\C.CC(=O)N(Cc1cc(F)ccc1F)C(C)(C)C(=O)C(C)C. The van der Waals surface area contributed by atoms with Crippen molar-refractivity contribution in [2.75, 3.05) is 0 Å². The zero-order valence-corrected chi connectivity index (χ0v) is 17.4. The van der Waals surface area contributed by atoms with Crippen LogP contribution in [0.3, 0.4) is 0 Å². The number of carbonyl (C=O) groups excluding carboxylic acids is 2. The Balaban J connectivity index is 0.000000972. The largest absolute Gasteiger partial charge is 0.326 e. The van der Waals surface area contributed by atoms with Crippen LogP contribution in [0.25, 0.3) is 0 Å². The first-order valence-electron chi connectivity index (χ1n) is 8.90. The van der Waals surface area contributed by atoms with Gasteiger partial charge in [-0.05, 0) is 45.9 Å². The summed E-state index contributed by atoms with van der Waals surface area (Å²) in [6.07, 6.45) is 3.85. The maximum atomic E-state index is 13.8. The van der Waals surface area contributed by atoms with Crippen molar-refractivity contribution < 1.29 is 18.4 Å². The summed E-state index contributed by atoms with van der Waals surface area (Å²) in [4.78, 5) is 25.4. The second kappa shape index (κ2) is 10.8. The minimum atomic E-state index is -1.08. The molecule has 1 aromatic carbocycles. The molecule has 0 bridgehead atoms. The summed E-state index contributed by atoms with van der Waals surface area (Å²) >= 11 is 0. The third kappa shape index (κ3) is 7.45.